The third-order valence-corrected chi connectivity index (χ3v) is 1.29. The van der Waals surface area contributed by atoms with Crippen molar-refractivity contribution in [2.45, 2.75) is 26.3 Å². The summed E-state index contributed by atoms with van der Waals surface area (Å²) in [5.74, 6) is 0.858. The van der Waals surface area contributed by atoms with Gasteiger partial charge in [0.05, 0.1) is 11.9 Å². The number of anilines is 2. The van der Waals surface area contributed by atoms with E-state index in [1.165, 1.54) is 0 Å². The molecule has 1 rings (SSSR count). The lowest BCUT2D eigenvalue weighted by molar-refractivity contribution is 0.630. The monoisotopic (exact) mass is 165 g/mol. The van der Waals surface area contributed by atoms with E-state index in [-0.39, 0.29) is 5.54 Å². The zero-order valence-corrected chi connectivity index (χ0v) is 7.76. The van der Waals surface area contributed by atoms with Crippen LogP contribution < -0.4 is 11.1 Å². The van der Waals surface area contributed by atoms with Crippen molar-refractivity contribution in [1.29, 1.82) is 0 Å². The minimum atomic E-state index is 0.0448. The molecule has 0 aliphatic rings. The van der Waals surface area contributed by atoms with Crippen LogP contribution in [0.5, 0.6) is 0 Å². The normalized spacial score (nSPS) is 11.2. The van der Waals surface area contributed by atoms with Gasteiger partial charge in [0.25, 0.3) is 0 Å². The molecule has 3 nitrogen and oxygen atoms in total. The van der Waals surface area contributed by atoms with Gasteiger partial charge in [0.15, 0.2) is 0 Å². The van der Waals surface area contributed by atoms with Crippen LogP contribution in [0, 0.1) is 0 Å². The first-order valence-corrected chi connectivity index (χ1v) is 3.97. The van der Waals surface area contributed by atoms with E-state index >= 15 is 0 Å². The molecule has 0 saturated carbocycles. The number of nitrogens with two attached hydrogens (primary N) is 1. The van der Waals surface area contributed by atoms with Gasteiger partial charge in [-0.15, -0.1) is 0 Å². The molecular formula is C9H15N3. The second-order valence-electron chi connectivity index (χ2n) is 3.85. The number of hydrogen-bond acceptors (Lipinski definition) is 3. The van der Waals surface area contributed by atoms with Crippen molar-refractivity contribution in [3.63, 3.8) is 0 Å². The fourth-order valence-electron chi connectivity index (χ4n) is 0.863. The van der Waals surface area contributed by atoms with E-state index in [9.17, 15) is 0 Å². The van der Waals surface area contributed by atoms with E-state index in [0.29, 0.717) is 5.69 Å². The SMILES string of the molecule is CC(C)(C)Nc1ccc(N)cn1. The summed E-state index contributed by atoms with van der Waals surface area (Å²) >= 11 is 0. The Morgan fingerprint density at radius 3 is 2.42 bits per heavy atom. The van der Waals surface area contributed by atoms with Gasteiger partial charge >= 0.3 is 0 Å². The smallest absolute Gasteiger partial charge is 0.126 e. The number of nitrogen functional groups attached to an aromatic ring is 1. The van der Waals surface area contributed by atoms with Crippen LogP contribution in [0.2, 0.25) is 0 Å². The summed E-state index contributed by atoms with van der Waals surface area (Å²) in [5.41, 5.74) is 6.23. The minimum absolute atomic E-state index is 0.0448. The van der Waals surface area contributed by atoms with Crippen LogP contribution in [0.1, 0.15) is 20.8 Å². The van der Waals surface area contributed by atoms with Crippen LogP contribution in [0.4, 0.5) is 11.5 Å². The lowest BCUT2D eigenvalue weighted by Gasteiger charge is -2.20. The van der Waals surface area contributed by atoms with E-state index in [0.717, 1.165) is 5.82 Å². The van der Waals surface area contributed by atoms with Crippen molar-refractivity contribution in [2.75, 3.05) is 11.1 Å². The third-order valence-electron chi connectivity index (χ3n) is 1.29. The van der Waals surface area contributed by atoms with Crippen molar-refractivity contribution < 1.29 is 0 Å². The molecule has 1 heterocycles. The van der Waals surface area contributed by atoms with Crippen LogP contribution in [-0.4, -0.2) is 10.5 Å². The molecule has 3 heteroatoms. The van der Waals surface area contributed by atoms with Gasteiger partial charge in [0, 0.05) is 5.54 Å². The van der Waals surface area contributed by atoms with Gasteiger partial charge in [-0.1, -0.05) is 0 Å². The van der Waals surface area contributed by atoms with Gasteiger partial charge in [0.2, 0.25) is 0 Å². The number of aromatic nitrogens is 1. The highest BCUT2D eigenvalue weighted by molar-refractivity contribution is 5.44. The number of nitrogens with zero attached hydrogens (tertiary/aromatic N) is 1. The maximum absolute atomic E-state index is 5.50. The van der Waals surface area contributed by atoms with Crippen molar-refractivity contribution in [1.82, 2.24) is 4.98 Å². The molecule has 0 spiro atoms. The van der Waals surface area contributed by atoms with Gasteiger partial charge < -0.3 is 11.1 Å². The summed E-state index contributed by atoms with van der Waals surface area (Å²) in [6.07, 6.45) is 1.65. The van der Waals surface area contributed by atoms with Crippen LogP contribution in [0.3, 0.4) is 0 Å². The van der Waals surface area contributed by atoms with E-state index in [1.807, 2.05) is 12.1 Å². The summed E-state index contributed by atoms with van der Waals surface area (Å²) in [7, 11) is 0. The fraction of sp³-hybridized carbons (Fsp3) is 0.444. The molecule has 0 amide bonds. The summed E-state index contributed by atoms with van der Waals surface area (Å²) in [4.78, 5) is 4.13. The third kappa shape index (κ3) is 2.78. The second-order valence-corrected chi connectivity index (χ2v) is 3.85. The second kappa shape index (κ2) is 3.01. The van der Waals surface area contributed by atoms with Gasteiger partial charge in [-0.3, -0.25) is 0 Å². The minimum Gasteiger partial charge on any atom is -0.397 e. The Morgan fingerprint density at radius 2 is 2.00 bits per heavy atom. The highest BCUT2D eigenvalue weighted by Crippen LogP contribution is 2.12. The number of nitrogens with one attached hydrogen (secondary N) is 1. The molecule has 0 aromatic carbocycles. The maximum Gasteiger partial charge on any atom is 0.126 e. The van der Waals surface area contributed by atoms with Crippen molar-refractivity contribution >= 4 is 11.5 Å². The molecule has 0 saturated heterocycles. The zero-order chi connectivity index (χ0) is 9.19. The first-order valence-electron chi connectivity index (χ1n) is 3.97. The molecule has 66 valence electrons. The first-order chi connectivity index (χ1) is 5.47. The molecule has 0 atom stereocenters. The zero-order valence-electron chi connectivity index (χ0n) is 7.76. The maximum atomic E-state index is 5.50. The molecule has 0 unspecified atom stereocenters. The average Bonchev–Trinajstić information content (AvgIpc) is 1.91. The Balaban J connectivity index is 2.71. The molecule has 1 aromatic heterocycles. The topological polar surface area (TPSA) is 50.9 Å². The predicted molar refractivity (Wildman–Crippen MR) is 52.0 cm³/mol. The van der Waals surface area contributed by atoms with Gasteiger partial charge in [0.1, 0.15) is 5.82 Å². The van der Waals surface area contributed by atoms with Crippen molar-refractivity contribution in [3.8, 4) is 0 Å². The summed E-state index contributed by atoms with van der Waals surface area (Å²) in [6.45, 7) is 6.26. The van der Waals surface area contributed by atoms with Crippen molar-refractivity contribution in [2.24, 2.45) is 0 Å². The quantitative estimate of drug-likeness (QED) is 0.668. The van der Waals surface area contributed by atoms with E-state index in [4.69, 9.17) is 5.73 Å². The number of hydrogen-bond donors (Lipinski definition) is 2. The molecule has 3 N–H and O–H groups in total. The lowest BCUT2D eigenvalue weighted by atomic mass is 10.1. The van der Waals surface area contributed by atoms with Crippen LogP contribution >= 0.6 is 0 Å². The van der Waals surface area contributed by atoms with Gasteiger partial charge in [-0.25, -0.2) is 4.98 Å². The van der Waals surface area contributed by atoms with Gasteiger partial charge in [-0.2, -0.15) is 0 Å². The van der Waals surface area contributed by atoms with E-state index in [2.05, 4.69) is 31.1 Å². The first kappa shape index (κ1) is 8.84. The Kier molecular flexibility index (Phi) is 2.22. The highest BCUT2D eigenvalue weighted by Gasteiger charge is 2.08. The summed E-state index contributed by atoms with van der Waals surface area (Å²) < 4.78 is 0. The molecule has 0 aliphatic heterocycles. The Bertz CT molecular complexity index is 245. The van der Waals surface area contributed by atoms with Crippen LogP contribution in [0.25, 0.3) is 0 Å². The largest absolute Gasteiger partial charge is 0.397 e. The number of pyridine rings is 1. The Morgan fingerprint density at radius 1 is 1.33 bits per heavy atom. The Labute approximate surface area is 73.0 Å². The van der Waals surface area contributed by atoms with Crippen LogP contribution in [-0.2, 0) is 0 Å². The lowest BCUT2D eigenvalue weighted by Crippen LogP contribution is -2.26. The Hall–Kier alpha value is -1.25. The molecule has 0 bridgehead atoms. The van der Waals surface area contributed by atoms with E-state index in [1.54, 1.807) is 6.20 Å². The molecular weight excluding hydrogens is 150 g/mol. The fourth-order valence-corrected chi connectivity index (χ4v) is 0.863. The molecule has 0 aliphatic carbocycles. The molecule has 0 fully saturated rings. The predicted octanol–water partition coefficient (Wildman–Crippen LogP) is 1.87. The van der Waals surface area contributed by atoms with Crippen LogP contribution in [0.15, 0.2) is 18.3 Å². The highest BCUT2D eigenvalue weighted by atomic mass is 15.0. The molecule has 0 radical (unpaired) electrons. The van der Waals surface area contributed by atoms with E-state index < -0.39 is 0 Å². The standard InChI is InChI=1S/C9H15N3/c1-9(2,3)12-8-5-4-7(10)6-11-8/h4-6H,10H2,1-3H3,(H,11,12). The van der Waals surface area contributed by atoms with Crippen molar-refractivity contribution in [3.05, 3.63) is 18.3 Å². The summed E-state index contributed by atoms with van der Waals surface area (Å²) in [5, 5.41) is 3.24. The van der Waals surface area contributed by atoms with Gasteiger partial charge in [-0.05, 0) is 32.9 Å². The molecule has 1 aromatic rings. The summed E-state index contributed by atoms with van der Waals surface area (Å²) in [6, 6.07) is 3.71. The number of rotatable bonds is 1. The molecule has 12 heavy (non-hydrogen) atoms. The average molecular weight is 165 g/mol.